The zero-order valence-corrected chi connectivity index (χ0v) is 17.6. The molecular weight excluding hydrogens is 413 g/mol. The number of pyridine rings is 1. The van der Waals surface area contributed by atoms with Crippen LogP contribution < -0.4 is 0 Å². The molecule has 0 atom stereocenters. The van der Waals surface area contributed by atoms with Gasteiger partial charge in [0.2, 0.25) is 0 Å². The average Bonchev–Trinajstić information content (AvgIpc) is 2.71. The van der Waals surface area contributed by atoms with Crippen molar-refractivity contribution < 1.29 is 14.0 Å². The molecule has 0 N–H and O–H groups in total. The molecule has 152 valence electrons. The van der Waals surface area contributed by atoms with Gasteiger partial charge in [0, 0.05) is 43.4 Å². The summed E-state index contributed by atoms with van der Waals surface area (Å²) in [5.74, 6) is -0.592. The van der Waals surface area contributed by atoms with Gasteiger partial charge in [-0.3, -0.25) is 9.59 Å². The van der Waals surface area contributed by atoms with E-state index in [1.54, 1.807) is 17.2 Å². The number of benzene rings is 1. The van der Waals surface area contributed by atoms with Crippen molar-refractivity contribution in [2.75, 3.05) is 32.4 Å². The van der Waals surface area contributed by atoms with Gasteiger partial charge in [0.05, 0.1) is 15.6 Å². The molecule has 0 saturated carbocycles. The molecule has 2 saturated heterocycles. The lowest BCUT2D eigenvalue weighted by molar-refractivity contribution is -0.0288. The van der Waals surface area contributed by atoms with E-state index < -0.39 is 5.82 Å². The maximum atomic E-state index is 13.2. The lowest BCUT2D eigenvalue weighted by Gasteiger charge is -2.54. The highest BCUT2D eigenvalue weighted by Crippen LogP contribution is 2.41. The van der Waals surface area contributed by atoms with Crippen LogP contribution in [0.2, 0.25) is 5.02 Å². The molecule has 3 heterocycles. The zero-order chi connectivity index (χ0) is 20.6. The van der Waals surface area contributed by atoms with Crippen LogP contribution in [-0.2, 0) is 0 Å². The van der Waals surface area contributed by atoms with E-state index in [9.17, 15) is 14.0 Å². The lowest BCUT2D eigenvalue weighted by Crippen LogP contribution is -2.62. The Balaban J connectivity index is 1.34. The molecule has 2 aromatic rings. The average molecular weight is 434 g/mol. The van der Waals surface area contributed by atoms with Gasteiger partial charge in [-0.1, -0.05) is 11.6 Å². The maximum Gasteiger partial charge on any atom is 0.255 e. The monoisotopic (exact) mass is 433 g/mol. The number of thioether (sulfide) groups is 1. The Kier molecular flexibility index (Phi) is 5.53. The molecule has 0 radical (unpaired) electrons. The van der Waals surface area contributed by atoms with Gasteiger partial charge >= 0.3 is 0 Å². The van der Waals surface area contributed by atoms with E-state index in [0.29, 0.717) is 37.3 Å². The zero-order valence-electron chi connectivity index (χ0n) is 16.0. The van der Waals surface area contributed by atoms with Crippen molar-refractivity contribution >= 4 is 35.2 Å². The lowest BCUT2D eigenvalue weighted by atomic mass is 9.71. The number of amides is 2. The van der Waals surface area contributed by atoms with E-state index in [2.05, 4.69) is 4.98 Å². The van der Waals surface area contributed by atoms with Crippen LogP contribution in [0.3, 0.4) is 0 Å². The van der Waals surface area contributed by atoms with Crippen molar-refractivity contribution in [2.45, 2.75) is 17.9 Å². The van der Waals surface area contributed by atoms with Crippen molar-refractivity contribution in [2.24, 2.45) is 5.41 Å². The number of carbonyl (C=O) groups excluding carboxylic acids is 2. The molecule has 5 nitrogen and oxygen atoms in total. The number of nitrogens with zero attached hydrogens (tertiary/aromatic N) is 3. The summed E-state index contributed by atoms with van der Waals surface area (Å²) in [4.78, 5) is 33.3. The first-order valence-corrected chi connectivity index (χ1v) is 11.0. The first-order chi connectivity index (χ1) is 13.9. The summed E-state index contributed by atoms with van der Waals surface area (Å²) >= 11 is 7.54. The molecule has 4 rings (SSSR count). The van der Waals surface area contributed by atoms with Crippen LogP contribution in [0.5, 0.6) is 0 Å². The highest BCUT2D eigenvalue weighted by Gasteiger charge is 2.47. The molecule has 2 fully saturated rings. The normalized spacial score (nSPS) is 17.9. The van der Waals surface area contributed by atoms with Crippen molar-refractivity contribution in [3.8, 4) is 0 Å². The number of hydrogen-bond donors (Lipinski definition) is 0. The van der Waals surface area contributed by atoms with Crippen molar-refractivity contribution in [1.29, 1.82) is 0 Å². The van der Waals surface area contributed by atoms with Crippen LogP contribution in [0, 0.1) is 11.2 Å². The highest BCUT2D eigenvalue weighted by molar-refractivity contribution is 7.98. The molecule has 2 aliphatic heterocycles. The van der Waals surface area contributed by atoms with Gasteiger partial charge < -0.3 is 9.80 Å². The fraction of sp³-hybridized carbons (Fsp3) is 0.381. The van der Waals surface area contributed by atoms with Gasteiger partial charge in [-0.05, 0) is 49.4 Å². The Hall–Kier alpha value is -2.12. The predicted octanol–water partition coefficient (Wildman–Crippen LogP) is 3.97. The number of carbonyl (C=O) groups is 2. The van der Waals surface area contributed by atoms with Gasteiger partial charge in [-0.15, -0.1) is 11.8 Å². The Bertz CT molecular complexity index is 955. The van der Waals surface area contributed by atoms with Crippen molar-refractivity contribution in [3.63, 3.8) is 0 Å². The third kappa shape index (κ3) is 3.98. The van der Waals surface area contributed by atoms with E-state index in [-0.39, 0.29) is 22.3 Å². The minimum absolute atomic E-state index is 0.0305. The molecule has 1 aromatic heterocycles. The second-order valence-corrected chi connectivity index (χ2v) is 8.90. The number of hydrogen-bond acceptors (Lipinski definition) is 4. The first kappa shape index (κ1) is 20.2. The standard InChI is InChI=1S/C21H21ClFN3O2S/c1-29-18-10-14(4-7-24-18)19(27)25-8-5-21(6-9-25)12-26(13-21)20(28)16-3-2-15(23)11-17(16)22/h2-4,7,10-11H,5-6,8-9,12-13H2,1H3. The third-order valence-corrected chi connectivity index (χ3v) is 6.76. The number of halogens is 2. The van der Waals surface area contributed by atoms with E-state index in [1.807, 2.05) is 17.2 Å². The SMILES string of the molecule is CSc1cc(C(=O)N2CCC3(CC2)CN(C(=O)c2ccc(F)cc2Cl)C3)ccn1. The molecular formula is C21H21ClFN3O2S. The number of aromatic nitrogens is 1. The molecule has 0 aliphatic carbocycles. The molecule has 0 unspecified atom stereocenters. The van der Waals surface area contributed by atoms with E-state index in [1.165, 1.54) is 23.9 Å². The number of piperidine rings is 1. The summed E-state index contributed by atoms with van der Waals surface area (Å²) in [6, 6.07) is 7.43. The van der Waals surface area contributed by atoms with E-state index in [0.717, 1.165) is 23.9 Å². The third-order valence-electron chi connectivity index (χ3n) is 5.80. The Morgan fingerprint density at radius 2 is 1.83 bits per heavy atom. The van der Waals surface area contributed by atoms with E-state index in [4.69, 9.17) is 11.6 Å². The fourth-order valence-corrected chi connectivity index (χ4v) is 4.74. The molecule has 0 bridgehead atoms. The summed E-state index contributed by atoms with van der Waals surface area (Å²) in [5, 5.41) is 0.968. The Labute approximate surface area is 178 Å². The Morgan fingerprint density at radius 3 is 2.48 bits per heavy atom. The van der Waals surface area contributed by atoms with Crippen molar-refractivity contribution in [3.05, 3.63) is 58.5 Å². The minimum atomic E-state index is -0.456. The van der Waals surface area contributed by atoms with Crippen LogP contribution in [0.4, 0.5) is 4.39 Å². The summed E-state index contributed by atoms with van der Waals surface area (Å²) in [5.41, 5.74) is 1.05. The summed E-state index contributed by atoms with van der Waals surface area (Å²) in [6.45, 7) is 2.64. The van der Waals surface area contributed by atoms with Gasteiger partial charge in [-0.2, -0.15) is 0 Å². The van der Waals surface area contributed by atoms with Crippen LogP contribution in [0.15, 0.2) is 41.6 Å². The van der Waals surface area contributed by atoms with Crippen LogP contribution in [0.25, 0.3) is 0 Å². The van der Waals surface area contributed by atoms with Gasteiger partial charge in [0.15, 0.2) is 0 Å². The molecule has 29 heavy (non-hydrogen) atoms. The molecule has 8 heteroatoms. The fourth-order valence-electron chi connectivity index (χ4n) is 4.08. The summed E-state index contributed by atoms with van der Waals surface area (Å²) in [6.07, 6.45) is 5.32. The summed E-state index contributed by atoms with van der Waals surface area (Å²) in [7, 11) is 0. The van der Waals surface area contributed by atoms with Gasteiger partial charge in [0.25, 0.3) is 11.8 Å². The summed E-state index contributed by atoms with van der Waals surface area (Å²) < 4.78 is 13.2. The minimum Gasteiger partial charge on any atom is -0.339 e. The maximum absolute atomic E-state index is 13.2. The second-order valence-electron chi connectivity index (χ2n) is 7.66. The van der Waals surface area contributed by atoms with Crippen molar-refractivity contribution in [1.82, 2.24) is 14.8 Å². The molecule has 2 amide bonds. The van der Waals surface area contributed by atoms with Gasteiger partial charge in [-0.25, -0.2) is 9.37 Å². The van der Waals surface area contributed by atoms with Crippen LogP contribution >= 0.6 is 23.4 Å². The topological polar surface area (TPSA) is 53.5 Å². The largest absolute Gasteiger partial charge is 0.339 e. The van der Waals surface area contributed by atoms with Crippen LogP contribution in [0.1, 0.15) is 33.6 Å². The molecule has 2 aliphatic rings. The smallest absolute Gasteiger partial charge is 0.255 e. The number of likely N-dealkylation sites (tertiary alicyclic amines) is 2. The van der Waals surface area contributed by atoms with E-state index >= 15 is 0 Å². The van der Waals surface area contributed by atoms with Gasteiger partial charge in [0.1, 0.15) is 5.82 Å². The second kappa shape index (κ2) is 7.95. The predicted molar refractivity (Wildman–Crippen MR) is 111 cm³/mol. The quantitative estimate of drug-likeness (QED) is 0.687. The molecule has 1 aromatic carbocycles. The number of rotatable bonds is 3. The Morgan fingerprint density at radius 1 is 1.10 bits per heavy atom. The first-order valence-electron chi connectivity index (χ1n) is 9.44. The van der Waals surface area contributed by atoms with Crippen LogP contribution in [-0.4, -0.2) is 59.0 Å². The molecule has 1 spiro atoms. The highest BCUT2D eigenvalue weighted by atomic mass is 35.5.